The first-order chi connectivity index (χ1) is 13.0. The minimum absolute atomic E-state index is 0.182. The number of thiazole rings is 1. The molecule has 2 aromatic heterocycles. The van der Waals surface area contributed by atoms with Crippen LogP contribution in [0.2, 0.25) is 0 Å². The zero-order chi connectivity index (χ0) is 18.9. The number of pyridine rings is 1. The maximum atomic E-state index is 12.7. The second-order valence-corrected chi connectivity index (χ2v) is 9.44. The van der Waals surface area contributed by atoms with Crippen molar-refractivity contribution < 1.29 is 17.9 Å². The van der Waals surface area contributed by atoms with Crippen LogP contribution in [0, 0.1) is 5.92 Å². The highest BCUT2D eigenvalue weighted by Gasteiger charge is 2.56. The highest BCUT2D eigenvalue weighted by Crippen LogP contribution is 2.43. The molecule has 0 saturated carbocycles. The summed E-state index contributed by atoms with van der Waals surface area (Å²) in [6.45, 7) is 1.82. The Balaban J connectivity index is 1.34. The standard InChI is InChI=1S/C17H20N4O4S2/c22-16(15-9-26-12-20-15)19-6-3-13-4-7-25-17(13)10-21(11-17)27(23,24)14-2-1-5-18-8-14/h1-2,5,8-9,12-13H,3-4,6-7,10-11H2,(H,19,22)/t13-/m1/s1. The molecule has 2 aromatic rings. The molecule has 1 N–H and O–H groups in total. The van der Waals surface area contributed by atoms with Gasteiger partial charge in [0.1, 0.15) is 10.6 Å². The van der Waals surface area contributed by atoms with Crippen LogP contribution in [0.5, 0.6) is 0 Å². The van der Waals surface area contributed by atoms with E-state index in [0.717, 1.165) is 12.8 Å². The fourth-order valence-electron chi connectivity index (χ4n) is 3.69. The molecule has 10 heteroatoms. The Hall–Kier alpha value is -1.88. The number of carbonyl (C=O) groups excluding carboxylic acids is 1. The van der Waals surface area contributed by atoms with Crippen molar-refractivity contribution in [3.63, 3.8) is 0 Å². The first kappa shape index (κ1) is 18.5. The van der Waals surface area contributed by atoms with Gasteiger partial charge in [0, 0.05) is 44.0 Å². The molecule has 8 nitrogen and oxygen atoms in total. The smallest absolute Gasteiger partial charge is 0.270 e. The van der Waals surface area contributed by atoms with Crippen LogP contribution in [0.15, 0.2) is 40.3 Å². The number of nitrogens with one attached hydrogen (secondary N) is 1. The summed E-state index contributed by atoms with van der Waals surface area (Å²) in [6, 6.07) is 3.16. The number of rotatable bonds is 6. The predicted octanol–water partition coefficient (Wildman–Crippen LogP) is 1.14. The first-order valence-electron chi connectivity index (χ1n) is 8.72. The lowest BCUT2D eigenvalue weighted by atomic mass is 9.80. The highest BCUT2D eigenvalue weighted by atomic mass is 32.2. The minimum atomic E-state index is -3.54. The molecule has 4 rings (SSSR count). The number of hydrogen-bond acceptors (Lipinski definition) is 7. The van der Waals surface area contributed by atoms with E-state index in [4.69, 9.17) is 4.74 Å². The highest BCUT2D eigenvalue weighted by molar-refractivity contribution is 7.89. The van der Waals surface area contributed by atoms with E-state index in [1.807, 2.05) is 0 Å². The van der Waals surface area contributed by atoms with Crippen LogP contribution in [0.25, 0.3) is 0 Å². The third-order valence-electron chi connectivity index (χ3n) is 5.20. The molecule has 2 fully saturated rings. The summed E-state index contributed by atoms with van der Waals surface area (Å²) in [7, 11) is -3.54. The van der Waals surface area contributed by atoms with Crippen molar-refractivity contribution in [2.75, 3.05) is 26.2 Å². The van der Waals surface area contributed by atoms with Gasteiger partial charge in [-0.1, -0.05) is 0 Å². The Morgan fingerprint density at radius 3 is 3.00 bits per heavy atom. The van der Waals surface area contributed by atoms with Crippen molar-refractivity contribution in [3.8, 4) is 0 Å². The number of nitrogens with zero attached hydrogens (tertiary/aromatic N) is 3. The minimum Gasteiger partial charge on any atom is -0.372 e. The molecular formula is C17H20N4O4S2. The van der Waals surface area contributed by atoms with Crippen LogP contribution < -0.4 is 5.32 Å². The zero-order valence-electron chi connectivity index (χ0n) is 14.6. The van der Waals surface area contributed by atoms with Gasteiger partial charge >= 0.3 is 0 Å². The number of hydrogen-bond donors (Lipinski definition) is 1. The topological polar surface area (TPSA) is 101 Å². The summed E-state index contributed by atoms with van der Waals surface area (Å²) in [5.41, 5.74) is 1.61. The Kier molecular flexibility index (Phi) is 4.97. The summed E-state index contributed by atoms with van der Waals surface area (Å²) in [4.78, 5) is 20.1. The van der Waals surface area contributed by atoms with Gasteiger partial charge in [-0.25, -0.2) is 13.4 Å². The van der Waals surface area contributed by atoms with Gasteiger partial charge in [0.05, 0.1) is 11.1 Å². The van der Waals surface area contributed by atoms with E-state index in [1.54, 1.807) is 29.2 Å². The predicted molar refractivity (Wildman–Crippen MR) is 98.9 cm³/mol. The monoisotopic (exact) mass is 408 g/mol. The van der Waals surface area contributed by atoms with Gasteiger partial charge in [0.2, 0.25) is 10.0 Å². The Morgan fingerprint density at radius 1 is 1.44 bits per heavy atom. The normalized spacial score (nSPS) is 21.9. The van der Waals surface area contributed by atoms with E-state index in [9.17, 15) is 13.2 Å². The molecule has 144 valence electrons. The first-order valence-corrected chi connectivity index (χ1v) is 11.1. The molecule has 0 aromatic carbocycles. The van der Waals surface area contributed by atoms with E-state index in [1.165, 1.54) is 21.8 Å². The molecule has 0 unspecified atom stereocenters. The molecule has 0 aliphatic carbocycles. The molecule has 0 radical (unpaired) electrons. The van der Waals surface area contributed by atoms with Gasteiger partial charge in [-0.05, 0) is 30.9 Å². The number of sulfonamides is 1. The van der Waals surface area contributed by atoms with Crippen LogP contribution in [0.4, 0.5) is 0 Å². The third-order valence-corrected chi connectivity index (χ3v) is 7.57. The third kappa shape index (κ3) is 3.49. The molecule has 2 aliphatic heterocycles. The lowest BCUT2D eigenvalue weighted by molar-refractivity contribution is -0.102. The van der Waals surface area contributed by atoms with Crippen molar-refractivity contribution in [2.24, 2.45) is 5.92 Å². The van der Waals surface area contributed by atoms with Crippen LogP contribution in [0.1, 0.15) is 23.3 Å². The average Bonchev–Trinajstić information content (AvgIpc) is 3.31. The van der Waals surface area contributed by atoms with Crippen LogP contribution in [-0.2, 0) is 14.8 Å². The van der Waals surface area contributed by atoms with E-state index < -0.39 is 15.6 Å². The van der Waals surface area contributed by atoms with Crippen molar-refractivity contribution in [2.45, 2.75) is 23.3 Å². The molecule has 2 saturated heterocycles. The summed E-state index contributed by atoms with van der Waals surface area (Å²) in [6.07, 6.45) is 4.53. The van der Waals surface area contributed by atoms with Gasteiger partial charge < -0.3 is 10.1 Å². The van der Waals surface area contributed by atoms with E-state index in [2.05, 4.69) is 15.3 Å². The summed E-state index contributed by atoms with van der Waals surface area (Å²) in [5.74, 6) is 0.0344. The SMILES string of the molecule is O=C(NCC[C@@H]1CCOC12CN(S(=O)(=O)c1cccnc1)C2)c1cscn1. The molecule has 4 heterocycles. The van der Waals surface area contributed by atoms with E-state index in [-0.39, 0.29) is 16.7 Å². The van der Waals surface area contributed by atoms with Crippen molar-refractivity contribution in [1.82, 2.24) is 19.6 Å². The Labute approximate surface area is 161 Å². The summed E-state index contributed by atoms with van der Waals surface area (Å²) < 4.78 is 32.7. The molecule has 1 amide bonds. The lowest BCUT2D eigenvalue weighted by Crippen LogP contribution is -2.66. The average molecular weight is 409 g/mol. The van der Waals surface area contributed by atoms with Crippen LogP contribution in [-0.4, -0.2) is 60.4 Å². The number of ether oxygens (including phenoxy) is 1. The molecule has 1 atom stereocenters. The summed E-state index contributed by atoms with van der Waals surface area (Å²) >= 11 is 1.38. The fourth-order valence-corrected chi connectivity index (χ4v) is 5.74. The van der Waals surface area contributed by atoms with Crippen molar-refractivity contribution in [1.29, 1.82) is 0 Å². The number of amides is 1. The second-order valence-electron chi connectivity index (χ2n) is 6.78. The fraction of sp³-hybridized carbons (Fsp3) is 0.471. The van der Waals surface area contributed by atoms with Gasteiger partial charge in [0.25, 0.3) is 5.91 Å². The van der Waals surface area contributed by atoms with Crippen molar-refractivity contribution >= 4 is 27.3 Å². The molecule has 2 aliphatic rings. The zero-order valence-corrected chi connectivity index (χ0v) is 16.2. The molecule has 1 spiro atoms. The van der Waals surface area contributed by atoms with Crippen LogP contribution >= 0.6 is 11.3 Å². The molecule has 0 bridgehead atoms. The van der Waals surface area contributed by atoms with E-state index >= 15 is 0 Å². The van der Waals surface area contributed by atoms with E-state index in [0.29, 0.717) is 31.9 Å². The van der Waals surface area contributed by atoms with Gasteiger partial charge in [-0.15, -0.1) is 11.3 Å². The van der Waals surface area contributed by atoms with Gasteiger partial charge in [0.15, 0.2) is 0 Å². The number of carbonyl (C=O) groups is 1. The van der Waals surface area contributed by atoms with Crippen molar-refractivity contribution in [3.05, 3.63) is 41.1 Å². The van der Waals surface area contributed by atoms with Gasteiger partial charge in [-0.3, -0.25) is 9.78 Å². The van der Waals surface area contributed by atoms with Gasteiger partial charge in [-0.2, -0.15) is 4.31 Å². The Bertz CT molecular complexity index is 896. The maximum absolute atomic E-state index is 12.7. The van der Waals surface area contributed by atoms with Crippen LogP contribution in [0.3, 0.4) is 0 Å². The molecular weight excluding hydrogens is 388 g/mol. The Morgan fingerprint density at radius 2 is 2.30 bits per heavy atom. The lowest BCUT2D eigenvalue weighted by Gasteiger charge is -2.49. The summed E-state index contributed by atoms with van der Waals surface area (Å²) in [5, 5.41) is 4.59. The second kappa shape index (κ2) is 7.27. The largest absolute Gasteiger partial charge is 0.372 e. The maximum Gasteiger partial charge on any atom is 0.270 e. The molecule has 27 heavy (non-hydrogen) atoms. The quantitative estimate of drug-likeness (QED) is 0.769. The number of aromatic nitrogens is 2.